The highest BCUT2D eigenvalue weighted by atomic mass is 19.1. The van der Waals surface area contributed by atoms with E-state index in [4.69, 9.17) is 4.74 Å². The molecule has 0 radical (unpaired) electrons. The molecular formula is C12H14F2N2O4. The number of halogens is 2. The van der Waals surface area contributed by atoms with Crippen LogP contribution in [-0.4, -0.2) is 30.1 Å². The summed E-state index contributed by atoms with van der Waals surface area (Å²) in [5, 5.41) is 12.8. The van der Waals surface area contributed by atoms with E-state index in [0.29, 0.717) is 12.1 Å². The molecule has 0 saturated carbocycles. The van der Waals surface area contributed by atoms with Crippen molar-refractivity contribution < 1.29 is 23.2 Å². The number of ether oxygens (including phenoxy) is 1. The molecule has 0 saturated heterocycles. The third-order valence-corrected chi connectivity index (χ3v) is 2.71. The van der Waals surface area contributed by atoms with E-state index in [1.807, 2.05) is 0 Å². The molecule has 1 N–H and O–H groups in total. The summed E-state index contributed by atoms with van der Waals surface area (Å²) >= 11 is 0. The van der Waals surface area contributed by atoms with Gasteiger partial charge in [-0.25, -0.2) is 4.39 Å². The third kappa shape index (κ3) is 3.70. The topological polar surface area (TPSA) is 81.5 Å². The average molecular weight is 288 g/mol. The standard InChI is InChI=1S/C12H14F2N2O4/c1-12(2,20-3)6-15-11(17)7-4-9(14)10(16(18)19)5-8(7)13/h4-5H,6H2,1-3H3,(H,15,17). The number of nitro benzene ring substituents is 1. The van der Waals surface area contributed by atoms with Gasteiger partial charge in [-0.1, -0.05) is 0 Å². The van der Waals surface area contributed by atoms with Crippen molar-refractivity contribution in [1.82, 2.24) is 5.32 Å². The molecule has 0 heterocycles. The molecule has 0 bridgehead atoms. The minimum atomic E-state index is -1.27. The molecule has 0 aliphatic carbocycles. The van der Waals surface area contributed by atoms with E-state index in [1.165, 1.54) is 7.11 Å². The van der Waals surface area contributed by atoms with Crippen LogP contribution >= 0.6 is 0 Å². The number of benzene rings is 1. The molecule has 110 valence electrons. The molecule has 8 heteroatoms. The maximum atomic E-state index is 13.6. The van der Waals surface area contributed by atoms with Gasteiger partial charge in [-0.05, 0) is 19.9 Å². The number of rotatable bonds is 5. The van der Waals surface area contributed by atoms with Crippen molar-refractivity contribution in [3.63, 3.8) is 0 Å². The number of hydrogen-bond donors (Lipinski definition) is 1. The lowest BCUT2D eigenvalue weighted by molar-refractivity contribution is -0.387. The molecular weight excluding hydrogens is 274 g/mol. The van der Waals surface area contributed by atoms with E-state index in [-0.39, 0.29) is 6.54 Å². The second kappa shape index (κ2) is 5.91. The van der Waals surface area contributed by atoms with Crippen LogP contribution in [0.1, 0.15) is 24.2 Å². The summed E-state index contributed by atoms with van der Waals surface area (Å²) < 4.78 is 32.0. The van der Waals surface area contributed by atoms with Crippen LogP contribution in [-0.2, 0) is 4.74 Å². The van der Waals surface area contributed by atoms with E-state index in [1.54, 1.807) is 13.8 Å². The van der Waals surface area contributed by atoms with Crippen molar-refractivity contribution in [2.24, 2.45) is 0 Å². The van der Waals surface area contributed by atoms with Gasteiger partial charge in [-0.3, -0.25) is 14.9 Å². The van der Waals surface area contributed by atoms with Gasteiger partial charge in [0.15, 0.2) is 0 Å². The quantitative estimate of drug-likeness (QED) is 0.664. The maximum Gasteiger partial charge on any atom is 0.307 e. The molecule has 6 nitrogen and oxygen atoms in total. The number of nitro groups is 1. The summed E-state index contributed by atoms with van der Waals surface area (Å²) in [5.41, 5.74) is -2.29. The van der Waals surface area contributed by atoms with Gasteiger partial charge in [0.05, 0.1) is 22.2 Å². The van der Waals surface area contributed by atoms with Gasteiger partial charge in [0.2, 0.25) is 5.82 Å². The van der Waals surface area contributed by atoms with Crippen LogP contribution in [0.15, 0.2) is 12.1 Å². The van der Waals surface area contributed by atoms with Crippen LogP contribution in [0.2, 0.25) is 0 Å². The van der Waals surface area contributed by atoms with Crippen LogP contribution in [0.25, 0.3) is 0 Å². The predicted octanol–water partition coefficient (Wildman–Crippen LogP) is 2.03. The number of carbonyl (C=O) groups is 1. The van der Waals surface area contributed by atoms with Crippen molar-refractivity contribution in [2.75, 3.05) is 13.7 Å². The minimum Gasteiger partial charge on any atom is -0.377 e. The van der Waals surface area contributed by atoms with E-state index >= 15 is 0 Å². The Hall–Kier alpha value is -2.09. The zero-order chi connectivity index (χ0) is 15.5. The van der Waals surface area contributed by atoms with Crippen LogP contribution in [0.4, 0.5) is 14.5 Å². The zero-order valence-corrected chi connectivity index (χ0v) is 11.2. The van der Waals surface area contributed by atoms with E-state index in [2.05, 4.69) is 5.32 Å². The summed E-state index contributed by atoms with van der Waals surface area (Å²) in [4.78, 5) is 21.1. The van der Waals surface area contributed by atoms with Crippen LogP contribution in [0, 0.1) is 21.7 Å². The molecule has 1 aromatic rings. The molecule has 0 aliphatic rings. The molecule has 0 unspecified atom stereocenters. The number of carbonyl (C=O) groups excluding carboxylic acids is 1. The summed E-state index contributed by atoms with van der Waals surface area (Å²) in [5.74, 6) is -3.31. The highest BCUT2D eigenvalue weighted by Crippen LogP contribution is 2.21. The molecule has 1 rings (SSSR count). The summed E-state index contributed by atoms with van der Waals surface area (Å²) in [6.45, 7) is 3.46. The van der Waals surface area contributed by atoms with Crippen LogP contribution in [0.5, 0.6) is 0 Å². The Morgan fingerprint density at radius 1 is 1.40 bits per heavy atom. The lowest BCUT2D eigenvalue weighted by Crippen LogP contribution is -2.40. The normalized spacial score (nSPS) is 11.2. The molecule has 0 spiro atoms. The third-order valence-electron chi connectivity index (χ3n) is 2.71. The lowest BCUT2D eigenvalue weighted by atomic mass is 10.1. The van der Waals surface area contributed by atoms with E-state index in [0.717, 1.165) is 0 Å². The van der Waals surface area contributed by atoms with Gasteiger partial charge in [-0.2, -0.15) is 4.39 Å². The summed E-state index contributed by atoms with van der Waals surface area (Å²) in [6, 6.07) is 0.883. The summed E-state index contributed by atoms with van der Waals surface area (Å²) in [7, 11) is 1.44. The van der Waals surface area contributed by atoms with Gasteiger partial charge < -0.3 is 10.1 Å². The van der Waals surface area contributed by atoms with Gasteiger partial charge >= 0.3 is 5.69 Å². The second-order valence-corrected chi connectivity index (χ2v) is 4.69. The molecule has 0 aromatic heterocycles. The first kappa shape index (κ1) is 16.0. The van der Waals surface area contributed by atoms with Crippen molar-refractivity contribution in [3.05, 3.63) is 39.4 Å². The van der Waals surface area contributed by atoms with Gasteiger partial charge in [-0.15, -0.1) is 0 Å². The second-order valence-electron chi connectivity index (χ2n) is 4.69. The number of nitrogens with one attached hydrogen (secondary N) is 1. The summed E-state index contributed by atoms with van der Waals surface area (Å²) in [6.07, 6.45) is 0. The molecule has 0 fully saturated rings. The largest absolute Gasteiger partial charge is 0.377 e. The molecule has 0 aliphatic heterocycles. The molecule has 1 amide bonds. The Kier molecular flexibility index (Phi) is 4.72. The monoisotopic (exact) mass is 288 g/mol. The first-order valence-electron chi connectivity index (χ1n) is 5.65. The Morgan fingerprint density at radius 2 is 2.00 bits per heavy atom. The molecule has 20 heavy (non-hydrogen) atoms. The number of amides is 1. The first-order chi connectivity index (χ1) is 9.18. The fourth-order valence-corrected chi connectivity index (χ4v) is 1.31. The Bertz CT molecular complexity index is 547. The average Bonchev–Trinajstić information content (AvgIpc) is 2.38. The van der Waals surface area contributed by atoms with Crippen molar-refractivity contribution in [2.45, 2.75) is 19.4 Å². The predicted molar refractivity (Wildman–Crippen MR) is 66.4 cm³/mol. The fourth-order valence-electron chi connectivity index (χ4n) is 1.31. The Morgan fingerprint density at radius 3 is 2.50 bits per heavy atom. The van der Waals surface area contributed by atoms with E-state index < -0.39 is 39.3 Å². The molecule has 0 atom stereocenters. The van der Waals surface area contributed by atoms with E-state index in [9.17, 15) is 23.7 Å². The number of methoxy groups -OCH3 is 1. The van der Waals surface area contributed by atoms with Gasteiger partial charge in [0.1, 0.15) is 5.82 Å². The fraction of sp³-hybridized carbons (Fsp3) is 0.417. The molecule has 1 aromatic carbocycles. The zero-order valence-electron chi connectivity index (χ0n) is 11.2. The lowest BCUT2D eigenvalue weighted by Gasteiger charge is -2.23. The van der Waals surface area contributed by atoms with Crippen LogP contribution < -0.4 is 5.32 Å². The highest BCUT2D eigenvalue weighted by Gasteiger charge is 2.23. The highest BCUT2D eigenvalue weighted by molar-refractivity contribution is 5.94. The first-order valence-corrected chi connectivity index (χ1v) is 5.65. The SMILES string of the molecule is COC(C)(C)CNC(=O)c1cc(F)c([N+](=O)[O-])cc1F. The Balaban J connectivity index is 2.95. The number of nitrogens with zero attached hydrogens (tertiary/aromatic N) is 1. The van der Waals surface area contributed by atoms with Crippen molar-refractivity contribution >= 4 is 11.6 Å². The van der Waals surface area contributed by atoms with Crippen LogP contribution in [0.3, 0.4) is 0 Å². The van der Waals surface area contributed by atoms with Crippen molar-refractivity contribution in [3.8, 4) is 0 Å². The smallest absolute Gasteiger partial charge is 0.307 e. The van der Waals surface area contributed by atoms with Gasteiger partial charge in [0.25, 0.3) is 5.91 Å². The number of hydrogen-bond acceptors (Lipinski definition) is 4. The maximum absolute atomic E-state index is 13.6. The van der Waals surface area contributed by atoms with Gasteiger partial charge in [0, 0.05) is 13.7 Å². The minimum absolute atomic E-state index is 0.0698. The Labute approximate surface area is 113 Å². The van der Waals surface area contributed by atoms with Crippen molar-refractivity contribution in [1.29, 1.82) is 0 Å².